The van der Waals surface area contributed by atoms with Crippen LogP contribution >= 0.6 is 0 Å². The van der Waals surface area contributed by atoms with Crippen molar-refractivity contribution < 1.29 is 14.6 Å². The molecule has 0 atom stereocenters. The number of aromatic carboxylic acids is 1. The molecule has 0 bridgehead atoms. The van der Waals surface area contributed by atoms with Crippen molar-refractivity contribution >= 4 is 11.7 Å². The monoisotopic (exact) mass is 265 g/mol. The zero-order chi connectivity index (χ0) is 13.5. The zero-order valence-electron chi connectivity index (χ0n) is 10.8. The summed E-state index contributed by atoms with van der Waals surface area (Å²) in [7, 11) is 0. The molecule has 0 radical (unpaired) electrons. The summed E-state index contributed by atoms with van der Waals surface area (Å²) in [5.41, 5.74) is 0.868. The molecule has 6 heteroatoms. The maximum atomic E-state index is 10.8. The third kappa shape index (κ3) is 4.50. The van der Waals surface area contributed by atoms with E-state index in [1.54, 1.807) is 12.1 Å². The summed E-state index contributed by atoms with van der Waals surface area (Å²) in [6.07, 6.45) is 2.53. The van der Waals surface area contributed by atoms with Crippen LogP contribution in [0.2, 0.25) is 0 Å². The van der Waals surface area contributed by atoms with Crippen molar-refractivity contribution in [2.24, 2.45) is 0 Å². The smallest absolute Gasteiger partial charge is 0.354 e. The molecule has 6 nitrogen and oxygen atoms in total. The van der Waals surface area contributed by atoms with Crippen LogP contribution in [0, 0.1) is 0 Å². The van der Waals surface area contributed by atoms with Crippen molar-refractivity contribution in [1.29, 1.82) is 0 Å². The van der Waals surface area contributed by atoms with Crippen LogP contribution in [0.3, 0.4) is 0 Å². The zero-order valence-corrected chi connectivity index (χ0v) is 10.8. The number of hydrogen-bond acceptors (Lipinski definition) is 5. The van der Waals surface area contributed by atoms with Crippen LogP contribution in [0.25, 0.3) is 0 Å². The van der Waals surface area contributed by atoms with Crippen LogP contribution in [-0.2, 0) is 4.74 Å². The number of nitrogens with zero attached hydrogens (tertiary/aromatic N) is 2. The Morgan fingerprint density at radius 2 is 2.26 bits per heavy atom. The summed E-state index contributed by atoms with van der Waals surface area (Å²) in [5, 5.41) is 12.1. The Bertz CT molecular complexity index is 419. The Morgan fingerprint density at radius 1 is 1.47 bits per heavy atom. The third-order valence-electron chi connectivity index (χ3n) is 3.06. The second-order valence-corrected chi connectivity index (χ2v) is 4.47. The van der Waals surface area contributed by atoms with E-state index in [0.717, 1.165) is 51.5 Å². The number of aromatic nitrogens is 1. The number of pyridine rings is 1. The molecule has 0 aliphatic carbocycles. The van der Waals surface area contributed by atoms with Gasteiger partial charge in [-0.05, 0) is 25.1 Å². The molecule has 0 unspecified atom stereocenters. The SMILES string of the molecule is O=C(O)c1cc(NCCCN2CCOCC2)ccn1. The predicted molar refractivity (Wildman–Crippen MR) is 71.6 cm³/mol. The van der Waals surface area contributed by atoms with Gasteiger partial charge in [0.1, 0.15) is 5.69 Å². The Hall–Kier alpha value is -1.66. The van der Waals surface area contributed by atoms with Gasteiger partial charge in [0.05, 0.1) is 13.2 Å². The quantitative estimate of drug-likeness (QED) is 0.745. The lowest BCUT2D eigenvalue weighted by atomic mass is 10.3. The number of ether oxygens (including phenoxy) is 1. The number of carboxylic acid groups (broad SMARTS) is 1. The van der Waals surface area contributed by atoms with E-state index in [9.17, 15) is 4.79 Å². The van der Waals surface area contributed by atoms with Gasteiger partial charge in [0.25, 0.3) is 0 Å². The minimum Gasteiger partial charge on any atom is -0.477 e. The highest BCUT2D eigenvalue weighted by molar-refractivity contribution is 5.86. The van der Waals surface area contributed by atoms with Crippen LogP contribution in [0.1, 0.15) is 16.9 Å². The summed E-state index contributed by atoms with van der Waals surface area (Å²) in [5.74, 6) is -1.00. The van der Waals surface area contributed by atoms with Crippen LogP contribution in [-0.4, -0.2) is 60.4 Å². The fourth-order valence-electron chi connectivity index (χ4n) is 2.02. The van der Waals surface area contributed by atoms with E-state index in [4.69, 9.17) is 9.84 Å². The largest absolute Gasteiger partial charge is 0.477 e. The molecule has 104 valence electrons. The Labute approximate surface area is 112 Å². The van der Waals surface area contributed by atoms with Crippen molar-refractivity contribution in [3.05, 3.63) is 24.0 Å². The Balaban J connectivity index is 1.70. The van der Waals surface area contributed by atoms with Crippen LogP contribution in [0.4, 0.5) is 5.69 Å². The van der Waals surface area contributed by atoms with Gasteiger partial charge in [-0.25, -0.2) is 9.78 Å². The van der Waals surface area contributed by atoms with Gasteiger partial charge >= 0.3 is 5.97 Å². The molecular formula is C13H19N3O3. The lowest BCUT2D eigenvalue weighted by molar-refractivity contribution is 0.0378. The van der Waals surface area contributed by atoms with E-state index in [-0.39, 0.29) is 5.69 Å². The predicted octanol–water partition coefficient (Wildman–Crippen LogP) is 0.914. The van der Waals surface area contributed by atoms with Gasteiger partial charge in [-0.2, -0.15) is 0 Å². The topological polar surface area (TPSA) is 74.7 Å². The highest BCUT2D eigenvalue weighted by atomic mass is 16.5. The van der Waals surface area contributed by atoms with E-state index < -0.39 is 5.97 Å². The second-order valence-electron chi connectivity index (χ2n) is 4.47. The highest BCUT2D eigenvalue weighted by Crippen LogP contribution is 2.08. The average Bonchev–Trinajstić information content (AvgIpc) is 2.45. The van der Waals surface area contributed by atoms with Gasteiger partial charge in [-0.3, -0.25) is 4.90 Å². The first-order chi connectivity index (χ1) is 9.25. The molecule has 1 aliphatic heterocycles. The van der Waals surface area contributed by atoms with Crippen molar-refractivity contribution in [2.75, 3.05) is 44.7 Å². The van der Waals surface area contributed by atoms with Crippen molar-refractivity contribution in [1.82, 2.24) is 9.88 Å². The van der Waals surface area contributed by atoms with Crippen molar-refractivity contribution in [3.63, 3.8) is 0 Å². The lowest BCUT2D eigenvalue weighted by Gasteiger charge is -2.26. The lowest BCUT2D eigenvalue weighted by Crippen LogP contribution is -2.37. The molecule has 0 aromatic carbocycles. The maximum Gasteiger partial charge on any atom is 0.354 e. The molecule has 2 N–H and O–H groups in total. The average molecular weight is 265 g/mol. The highest BCUT2D eigenvalue weighted by Gasteiger charge is 2.09. The molecule has 1 aromatic heterocycles. The Kier molecular flexibility index (Phi) is 5.11. The second kappa shape index (κ2) is 7.06. The molecule has 19 heavy (non-hydrogen) atoms. The molecule has 1 aliphatic rings. The molecular weight excluding hydrogens is 246 g/mol. The number of nitrogens with one attached hydrogen (secondary N) is 1. The van der Waals surface area contributed by atoms with E-state index in [0.29, 0.717) is 0 Å². The molecule has 2 heterocycles. The van der Waals surface area contributed by atoms with Crippen LogP contribution < -0.4 is 5.32 Å². The first kappa shape index (κ1) is 13.8. The van der Waals surface area contributed by atoms with Crippen LogP contribution in [0.15, 0.2) is 18.3 Å². The number of anilines is 1. The van der Waals surface area contributed by atoms with Gasteiger partial charge in [-0.1, -0.05) is 0 Å². The molecule has 1 aromatic rings. The summed E-state index contributed by atoms with van der Waals surface area (Å²) < 4.78 is 5.29. The first-order valence-electron chi connectivity index (χ1n) is 6.49. The number of carboxylic acids is 1. The summed E-state index contributed by atoms with van der Waals surface area (Å²) in [6, 6.07) is 3.33. The number of morpholine rings is 1. The molecule has 1 saturated heterocycles. The number of rotatable bonds is 6. The van der Waals surface area contributed by atoms with E-state index >= 15 is 0 Å². The van der Waals surface area contributed by atoms with E-state index in [2.05, 4.69) is 15.2 Å². The molecule has 0 saturated carbocycles. The van der Waals surface area contributed by atoms with Gasteiger partial charge in [0.15, 0.2) is 0 Å². The van der Waals surface area contributed by atoms with Crippen molar-refractivity contribution in [3.8, 4) is 0 Å². The molecule has 1 fully saturated rings. The number of hydrogen-bond donors (Lipinski definition) is 2. The first-order valence-corrected chi connectivity index (χ1v) is 6.49. The Morgan fingerprint density at radius 3 is 3.00 bits per heavy atom. The van der Waals surface area contributed by atoms with Gasteiger partial charge in [-0.15, -0.1) is 0 Å². The van der Waals surface area contributed by atoms with Crippen LogP contribution in [0.5, 0.6) is 0 Å². The minimum absolute atomic E-state index is 0.0678. The fourth-order valence-corrected chi connectivity index (χ4v) is 2.02. The molecule has 0 spiro atoms. The van der Waals surface area contributed by atoms with Gasteiger partial charge < -0.3 is 15.2 Å². The van der Waals surface area contributed by atoms with E-state index in [1.807, 2.05) is 0 Å². The van der Waals surface area contributed by atoms with Gasteiger partial charge in [0, 0.05) is 31.5 Å². The van der Waals surface area contributed by atoms with Gasteiger partial charge in [0.2, 0.25) is 0 Å². The third-order valence-corrected chi connectivity index (χ3v) is 3.06. The maximum absolute atomic E-state index is 10.8. The normalized spacial score (nSPS) is 16.2. The fraction of sp³-hybridized carbons (Fsp3) is 0.538. The molecule has 0 amide bonds. The minimum atomic E-state index is -1.00. The standard InChI is InChI=1S/C13H19N3O3/c17-13(18)12-10-11(2-4-15-12)14-3-1-5-16-6-8-19-9-7-16/h2,4,10H,1,3,5-9H2,(H,14,15)(H,17,18). The number of carbonyl (C=O) groups is 1. The van der Waals surface area contributed by atoms with E-state index in [1.165, 1.54) is 6.20 Å². The molecule has 2 rings (SSSR count). The van der Waals surface area contributed by atoms with Crippen molar-refractivity contribution in [2.45, 2.75) is 6.42 Å². The summed E-state index contributed by atoms with van der Waals surface area (Å²) in [4.78, 5) is 16.9. The summed E-state index contributed by atoms with van der Waals surface area (Å²) >= 11 is 0. The summed E-state index contributed by atoms with van der Waals surface area (Å²) in [6.45, 7) is 5.49.